The predicted octanol–water partition coefficient (Wildman–Crippen LogP) is 4.89. The third-order valence-electron chi connectivity index (χ3n) is 3.53. The molecule has 0 heterocycles. The van der Waals surface area contributed by atoms with Crippen LogP contribution in [0.4, 0.5) is 9.18 Å². The van der Waals surface area contributed by atoms with E-state index in [0.717, 1.165) is 18.5 Å². The van der Waals surface area contributed by atoms with E-state index in [1.165, 1.54) is 6.07 Å². The zero-order valence-corrected chi connectivity index (χ0v) is 16.7. The number of hydrogen-bond donors (Lipinski definition) is 1. The van der Waals surface area contributed by atoms with Crippen molar-refractivity contribution in [2.45, 2.75) is 52.7 Å². The third-order valence-corrected chi connectivity index (χ3v) is 4.14. The molecule has 0 aromatic heterocycles. The summed E-state index contributed by atoms with van der Waals surface area (Å²) in [6.45, 7) is 11.6. The van der Waals surface area contributed by atoms with Crippen molar-refractivity contribution < 1.29 is 13.9 Å². The van der Waals surface area contributed by atoms with Crippen molar-refractivity contribution in [3.05, 3.63) is 34.1 Å². The van der Waals surface area contributed by atoms with Crippen LogP contribution in [0.15, 0.2) is 22.7 Å². The van der Waals surface area contributed by atoms with Gasteiger partial charge in [-0.1, -0.05) is 6.07 Å². The first kappa shape index (κ1) is 20.9. The van der Waals surface area contributed by atoms with Crippen LogP contribution < -0.4 is 5.32 Å². The molecule has 0 spiro atoms. The maximum Gasteiger partial charge on any atom is 0.410 e. The van der Waals surface area contributed by atoms with Crippen LogP contribution in [0.5, 0.6) is 0 Å². The van der Waals surface area contributed by atoms with Crippen LogP contribution >= 0.6 is 15.9 Å². The molecule has 1 atom stereocenters. The molecule has 1 aromatic rings. The zero-order valence-electron chi connectivity index (χ0n) is 15.2. The Hall–Kier alpha value is -1.14. The second kappa shape index (κ2) is 9.37. The fourth-order valence-corrected chi connectivity index (χ4v) is 2.59. The summed E-state index contributed by atoms with van der Waals surface area (Å²) in [5, 5.41) is 3.39. The van der Waals surface area contributed by atoms with Gasteiger partial charge in [0, 0.05) is 19.1 Å². The molecule has 1 aromatic carbocycles. The van der Waals surface area contributed by atoms with E-state index >= 15 is 0 Å². The van der Waals surface area contributed by atoms with E-state index in [2.05, 4.69) is 21.2 Å². The Bertz CT molecular complexity index is 546. The van der Waals surface area contributed by atoms with Gasteiger partial charge in [0.05, 0.1) is 4.47 Å². The van der Waals surface area contributed by atoms with Crippen molar-refractivity contribution in [3.8, 4) is 0 Å². The quantitative estimate of drug-likeness (QED) is 0.660. The van der Waals surface area contributed by atoms with Crippen LogP contribution in [-0.2, 0) is 4.74 Å². The zero-order chi connectivity index (χ0) is 18.3. The number of halogens is 2. The fourth-order valence-electron chi connectivity index (χ4n) is 2.19. The minimum Gasteiger partial charge on any atom is -0.444 e. The minimum absolute atomic E-state index is 0.110. The van der Waals surface area contributed by atoms with Crippen molar-refractivity contribution in [3.63, 3.8) is 0 Å². The molecule has 136 valence electrons. The van der Waals surface area contributed by atoms with Crippen LogP contribution in [0.25, 0.3) is 0 Å². The van der Waals surface area contributed by atoms with E-state index < -0.39 is 5.60 Å². The second-order valence-electron chi connectivity index (χ2n) is 6.76. The summed E-state index contributed by atoms with van der Waals surface area (Å²) in [7, 11) is 0. The van der Waals surface area contributed by atoms with E-state index in [1.54, 1.807) is 17.0 Å². The highest BCUT2D eigenvalue weighted by Crippen LogP contribution is 2.21. The lowest BCUT2D eigenvalue weighted by molar-refractivity contribution is 0.0258. The van der Waals surface area contributed by atoms with Crippen LogP contribution in [-0.4, -0.2) is 36.2 Å². The molecule has 0 aliphatic rings. The molecule has 0 radical (unpaired) electrons. The highest BCUT2D eigenvalue weighted by atomic mass is 79.9. The number of ether oxygens (including phenoxy) is 1. The fraction of sp³-hybridized carbons (Fsp3) is 0.611. The van der Waals surface area contributed by atoms with Gasteiger partial charge in [-0.05, 0) is 81.2 Å². The van der Waals surface area contributed by atoms with Crippen molar-refractivity contribution in [1.29, 1.82) is 0 Å². The average molecular weight is 403 g/mol. The highest BCUT2D eigenvalue weighted by Gasteiger charge is 2.20. The van der Waals surface area contributed by atoms with Gasteiger partial charge in [-0.15, -0.1) is 0 Å². The Morgan fingerprint density at radius 2 is 2.08 bits per heavy atom. The largest absolute Gasteiger partial charge is 0.444 e. The Balaban J connectivity index is 2.40. The van der Waals surface area contributed by atoms with E-state index in [-0.39, 0.29) is 18.0 Å². The lowest BCUT2D eigenvalue weighted by Gasteiger charge is -2.26. The second-order valence-corrected chi connectivity index (χ2v) is 7.62. The van der Waals surface area contributed by atoms with E-state index in [1.807, 2.05) is 34.6 Å². The Kier molecular flexibility index (Phi) is 8.16. The van der Waals surface area contributed by atoms with Crippen LogP contribution in [0.2, 0.25) is 0 Å². The normalized spacial score (nSPS) is 12.8. The number of amides is 1. The molecule has 0 saturated carbocycles. The first-order chi connectivity index (χ1) is 11.1. The van der Waals surface area contributed by atoms with Gasteiger partial charge in [-0.3, -0.25) is 0 Å². The van der Waals surface area contributed by atoms with Crippen molar-refractivity contribution >= 4 is 22.0 Å². The number of carbonyl (C=O) groups excluding carboxylic acids is 1. The molecular formula is C18H28BrFN2O2. The van der Waals surface area contributed by atoms with Gasteiger partial charge in [0.1, 0.15) is 11.4 Å². The van der Waals surface area contributed by atoms with E-state index in [4.69, 9.17) is 4.74 Å². The number of nitrogens with one attached hydrogen (secondary N) is 1. The van der Waals surface area contributed by atoms with Crippen LogP contribution in [0.1, 0.15) is 52.6 Å². The topological polar surface area (TPSA) is 41.6 Å². The van der Waals surface area contributed by atoms with Gasteiger partial charge in [-0.25, -0.2) is 9.18 Å². The summed E-state index contributed by atoms with van der Waals surface area (Å²) in [5.41, 5.74) is 0.538. The highest BCUT2D eigenvalue weighted by molar-refractivity contribution is 9.10. The monoisotopic (exact) mass is 402 g/mol. The maximum absolute atomic E-state index is 13.3. The van der Waals surface area contributed by atoms with Gasteiger partial charge in [0.15, 0.2) is 0 Å². The van der Waals surface area contributed by atoms with Crippen molar-refractivity contribution in [2.75, 3.05) is 19.6 Å². The number of nitrogens with zero attached hydrogens (tertiary/aromatic N) is 1. The standard InChI is InChI=1S/C18H28BrFN2O2/c1-6-22(17(23)24-18(3,4)5)11-7-10-21-13(2)14-8-9-16(20)15(19)12-14/h8-9,12-13,21H,6-7,10-11H2,1-5H3. The van der Waals surface area contributed by atoms with Crippen molar-refractivity contribution in [1.82, 2.24) is 10.2 Å². The third kappa shape index (κ3) is 7.18. The van der Waals surface area contributed by atoms with E-state index in [9.17, 15) is 9.18 Å². The van der Waals surface area contributed by atoms with Gasteiger partial charge in [0.2, 0.25) is 0 Å². The first-order valence-corrected chi connectivity index (χ1v) is 9.09. The maximum atomic E-state index is 13.3. The SMILES string of the molecule is CCN(CCCNC(C)c1ccc(F)c(Br)c1)C(=O)OC(C)(C)C. The molecular weight excluding hydrogens is 375 g/mol. The molecule has 1 unspecified atom stereocenters. The summed E-state index contributed by atoms with van der Waals surface area (Å²) in [4.78, 5) is 13.8. The molecule has 0 aliphatic carbocycles. The number of hydrogen-bond acceptors (Lipinski definition) is 3. The smallest absolute Gasteiger partial charge is 0.410 e. The molecule has 1 amide bonds. The summed E-state index contributed by atoms with van der Waals surface area (Å²) < 4.78 is 19.1. The number of benzene rings is 1. The summed E-state index contributed by atoms with van der Waals surface area (Å²) in [6, 6.07) is 5.13. The van der Waals surface area contributed by atoms with Crippen LogP contribution in [0.3, 0.4) is 0 Å². The molecule has 0 saturated heterocycles. The van der Waals surface area contributed by atoms with Gasteiger partial charge >= 0.3 is 6.09 Å². The molecule has 6 heteroatoms. The number of rotatable bonds is 7. The molecule has 0 aliphatic heterocycles. The lowest BCUT2D eigenvalue weighted by atomic mass is 10.1. The molecule has 1 rings (SSSR count). The molecule has 4 nitrogen and oxygen atoms in total. The summed E-state index contributed by atoms with van der Waals surface area (Å²) in [6.07, 6.45) is 0.542. The predicted molar refractivity (Wildman–Crippen MR) is 98.6 cm³/mol. The van der Waals surface area contributed by atoms with Gasteiger partial charge in [0.25, 0.3) is 0 Å². The molecule has 1 N–H and O–H groups in total. The molecule has 24 heavy (non-hydrogen) atoms. The average Bonchev–Trinajstić information content (AvgIpc) is 2.48. The minimum atomic E-state index is -0.479. The summed E-state index contributed by atoms with van der Waals surface area (Å²) in [5.74, 6) is -0.262. The molecule has 0 bridgehead atoms. The Labute approximate surface area is 152 Å². The lowest BCUT2D eigenvalue weighted by Crippen LogP contribution is -2.38. The number of carbonyl (C=O) groups is 1. The van der Waals surface area contributed by atoms with Crippen molar-refractivity contribution in [2.24, 2.45) is 0 Å². The Morgan fingerprint density at radius 1 is 1.42 bits per heavy atom. The molecule has 0 fully saturated rings. The van der Waals surface area contributed by atoms with Crippen LogP contribution in [0, 0.1) is 5.82 Å². The van der Waals surface area contributed by atoms with Gasteiger partial charge in [-0.2, -0.15) is 0 Å². The van der Waals surface area contributed by atoms with E-state index in [0.29, 0.717) is 17.6 Å². The first-order valence-electron chi connectivity index (χ1n) is 8.30. The van der Waals surface area contributed by atoms with Gasteiger partial charge < -0.3 is 15.0 Å². The Morgan fingerprint density at radius 3 is 2.62 bits per heavy atom. The summed E-state index contributed by atoms with van der Waals surface area (Å²) >= 11 is 3.20.